The molecule has 0 rings (SSSR count). The molecule has 0 aromatic heterocycles. The van der Waals surface area contributed by atoms with Gasteiger partial charge in [-0.25, -0.2) is 4.21 Å². The summed E-state index contributed by atoms with van der Waals surface area (Å²) < 4.78 is 22.3. The van der Waals surface area contributed by atoms with Crippen molar-refractivity contribution in [3.8, 4) is 0 Å². The van der Waals surface area contributed by atoms with Gasteiger partial charge in [0, 0.05) is 6.42 Å². The molecule has 0 aromatic rings. The highest BCUT2D eigenvalue weighted by atomic mass is 32.2. The fourth-order valence-electron chi connectivity index (χ4n) is 0.281. The second-order valence-corrected chi connectivity index (χ2v) is 2.29. The van der Waals surface area contributed by atoms with Crippen LogP contribution in [0.3, 0.4) is 0 Å². The van der Waals surface area contributed by atoms with Crippen molar-refractivity contribution in [3.05, 3.63) is 25.5 Å². The number of aliphatic carboxylic acids is 1. The van der Waals surface area contributed by atoms with Gasteiger partial charge >= 0.3 is 5.97 Å². The minimum Gasteiger partial charge on any atom is -0.740 e. The molecule has 0 aliphatic heterocycles. The predicted octanol–water partition coefficient (Wildman–Crippen LogP) is 0.978. The number of hydrogen-bond donors (Lipinski definition) is 1. The number of allylic oxidation sites excluding steroid dienone is 1. The first-order valence-corrected chi connectivity index (χ1v) is 4.24. The first-order valence-electron chi connectivity index (χ1n) is 3.24. The van der Waals surface area contributed by atoms with E-state index in [9.17, 15) is 13.6 Å². The van der Waals surface area contributed by atoms with Gasteiger partial charge in [-0.15, -0.1) is 6.58 Å². The molecule has 76 valence electrons. The standard InChI is InChI=1S/C5H8O2.C2H4O3S/c1-2-3-4-5(6)7;1-2-5-6(3)4/h2H,1,3-4H2,(H,6,7);2H,1H2,(H,3,4)/p-1. The Hall–Kier alpha value is -1.14. The molecule has 6 heteroatoms. The fraction of sp³-hybridized carbons (Fsp3) is 0.286. The van der Waals surface area contributed by atoms with Gasteiger partial charge in [0.1, 0.15) is 11.4 Å². The second kappa shape index (κ2) is 10.9. The Kier molecular flexibility index (Phi) is 12.0. The fourth-order valence-corrected chi connectivity index (χ4v) is 0.392. The molecular weight excluding hydrogens is 196 g/mol. The molecule has 1 unspecified atom stereocenters. The molecule has 0 spiro atoms. The van der Waals surface area contributed by atoms with Crippen LogP contribution in [0.4, 0.5) is 0 Å². The summed E-state index contributed by atoms with van der Waals surface area (Å²) >= 11 is -2.43. The first-order chi connectivity index (χ1) is 6.04. The van der Waals surface area contributed by atoms with Crippen molar-refractivity contribution in [1.82, 2.24) is 0 Å². The third-order valence-corrected chi connectivity index (χ3v) is 1.00. The van der Waals surface area contributed by atoms with Crippen LogP contribution in [0.2, 0.25) is 0 Å². The van der Waals surface area contributed by atoms with Crippen molar-refractivity contribution >= 4 is 17.3 Å². The highest BCUT2D eigenvalue weighted by molar-refractivity contribution is 7.74. The van der Waals surface area contributed by atoms with Crippen LogP contribution in [-0.2, 0) is 20.3 Å². The maximum absolute atomic E-state index is 9.71. The maximum Gasteiger partial charge on any atom is 0.303 e. The molecule has 0 saturated heterocycles. The lowest BCUT2D eigenvalue weighted by Crippen LogP contribution is -1.90. The molecule has 0 bridgehead atoms. The van der Waals surface area contributed by atoms with Crippen LogP contribution >= 0.6 is 0 Å². The smallest absolute Gasteiger partial charge is 0.303 e. The summed E-state index contributed by atoms with van der Waals surface area (Å²) in [5.74, 6) is -0.764. The highest BCUT2D eigenvalue weighted by Crippen LogP contribution is 1.86. The molecule has 0 radical (unpaired) electrons. The van der Waals surface area contributed by atoms with Crippen molar-refractivity contribution in [1.29, 1.82) is 0 Å². The normalized spacial score (nSPS) is 10.2. The van der Waals surface area contributed by atoms with Crippen molar-refractivity contribution in [2.24, 2.45) is 0 Å². The molecule has 1 N–H and O–H groups in total. The molecule has 0 heterocycles. The summed E-state index contributed by atoms with van der Waals surface area (Å²) in [4.78, 5) is 9.71. The zero-order valence-corrected chi connectivity index (χ0v) is 7.79. The van der Waals surface area contributed by atoms with E-state index in [0.717, 1.165) is 6.26 Å². The van der Waals surface area contributed by atoms with Gasteiger partial charge < -0.3 is 13.8 Å². The Bertz CT molecular complexity index is 189. The lowest BCUT2D eigenvalue weighted by Gasteiger charge is -1.97. The Balaban J connectivity index is 0. The molecule has 5 nitrogen and oxygen atoms in total. The third kappa shape index (κ3) is 24.8. The SMILES string of the molecule is C=CCCC(=O)O.C=COS(=O)[O-]. The van der Waals surface area contributed by atoms with Crippen molar-refractivity contribution < 1.29 is 22.8 Å². The summed E-state index contributed by atoms with van der Waals surface area (Å²) in [5.41, 5.74) is 0. The molecule has 0 aromatic carbocycles. The van der Waals surface area contributed by atoms with Crippen molar-refractivity contribution in [2.45, 2.75) is 12.8 Å². The molecule has 13 heavy (non-hydrogen) atoms. The van der Waals surface area contributed by atoms with E-state index in [1.165, 1.54) is 0 Å². The van der Waals surface area contributed by atoms with Crippen LogP contribution in [0.5, 0.6) is 0 Å². The van der Waals surface area contributed by atoms with Gasteiger partial charge in [0.15, 0.2) is 0 Å². The Labute approximate surface area is 79.2 Å². The predicted molar refractivity (Wildman–Crippen MR) is 47.3 cm³/mol. The Morgan fingerprint density at radius 1 is 1.62 bits per heavy atom. The quantitative estimate of drug-likeness (QED) is 0.412. The summed E-state index contributed by atoms with van der Waals surface area (Å²) in [6.45, 7) is 6.35. The van der Waals surface area contributed by atoms with E-state index < -0.39 is 17.3 Å². The Morgan fingerprint density at radius 3 is 2.23 bits per heavy atom. The van der Waals surface area contributed by atoms with Gasteiger partial charge in [-0.2, -0.15) is 0 Å². The van der Waals surface area contributed by atoms with Crippen LogP contribution in [0.1, 0.15) is 12.8 Å². The van der Waals surface area contributed by atoms with Crippen molar-refractivity contribution in [2.75, 3.05) is 0 Å². The number of carboxylic acid groups (broad SMARTS) is 1. The molecule has 1 atom stereocenters. The number of hydrogen-bond acceptors (Lipinski definition) is 4. The van der Waals surface area contributed by atoms with Gasteiger partial charge in [0.2, 0.25) is 0 Å². The van der Waals surface area contributed by atoms with Crippen LogP contribution in [0.25, 0.3) is 0 Å². The van der Waals surface area contributed by atoms with Crippen LogP contribution in [0, 0.1) is 0 Å². The molecule has 0 fully saturated rings. The number of rotatable bonds is 5. The molecule has 0 aliphatic carbocycles. The van der Waals surface area contributed by atoms with E-state index >= 15 is 0 Å². The zero-order valence-electron chi connectivity index (χ0n) is 6.97. The third-order valence-electron chi connectivity index (χ3n) is 0.709. The van der Waals surface area contributed by atoms with E-state index in [2.05, 4.69) is 17.3 Å². The number of carbonyl (C=O) groups is 1. The van der Waals surface area contributed by atoms with E-state index in [4.69, 9.17) is 5.11 Å². The largest absolute Gasteiger partial charge is 0.740 e. The Morgan fingerprint density at radius 2 is 2.15 bits per heavy atom. The monoisotopic (exact) mass is 207 g/mol. The van der Waals surface area contributed by atoms with Gasteiger partial charge in [-0.3, -0.25) is 4.79 Å². The average molecular weight is 207 g/mol. The van der Waals surface area contributed by atoms with Gasteiger partial charge in [-0.1, -0.05) is 12.7 Å². The van der Waals surface area contributed by atoms with Gasteiger partial charge in [0.05, 0.1) is 6.26 Å². The van der Waals surface area contributed by atoms with Gasteiger partial charge in [-0.05, 0) is 6.42 Å². The maximum atomic E-state index is 9.71. The van der Waals surface area contributed by atoms with E-state index in [1.807, 2.05) is 0 Å². The van der Waals surface area contributed by atoms with E-state index in [-0.39, 0.29) is 6.42 Å². The lowest BCUT2D eigenvalue weighted by molar-refractivity contribution is -0.136. The van der Waals surface area contributed by atoms with Crippen LogP contribution in [-0.4, -0.2) is 19.8 Å². The highest BCUT2D eigenvalue weighted by Gasteiger charge is 1.89. The average Bonchev–Trinajstić information content (AvgIpc) is 2.01. The lowest BCUT2D eigenvalue weighted by atomic mass is 10.3. The van der Waals surface area contributed by atoms with Gasteiger partial charge in [0.25, 0.3) is 0 Å². The molecule has 0 aliphatic rings. The van der Waals surface area contributed by atoms with Crippen molar-refractivity contribution in [3.63, 3.8) is 0 Å². The van der Waals surface area contributed by atoms with E-state index in [0.29, 0.717) is 6.42 Å². The number of carboxylic acids is 1. The van der Waals surface area contributed by atoms with Crippen LogP contribution in [0.15, 0.2) is 25.5 Å². The molecular formula is C7H11O5S-. The summed E-state index contributed by atoms with van der Waals surface area (Å²) in [6.07, 6.45) is 3.19. The van der Waals surface area contributed by atoms with E-state index in [1.54, 1.807) is 6.08 Å². The second-order valence-electron chi connectivity index (χ2n) is 1.69. The first kappa shape index (κ1) is 14.4. The summed E-state index contributed by atoms with van der Waals surface area (Å²) in [7, 11) is 0. The molecule has 0 amide bonds. The minimum absolute atomic E-state index is 0.198. The zero-order chi connectivity index (χ0) is 10.7. The minimum atomic E-state index is -2.43. The van der Waals surface area contributed by atoms with Crippen LogP contribution < -0.4 is 0 Å². The summed E-state index contributed by atoms with van der Waals surface area (Å²) in [5, 5.41) is 8.00. The topological polar surface area (TPSA) is 86.7 Å². The molecule has 0 saturated carbocycles. The summed E-state index contributed by atoms with van der Waals surface area (Å²) in [6, 6.07) is 0.